The maximum absolute atomic E-state index is 11.9. The van der Waals surface area contributed by atoms with Crippen molar-refractivity contribution in [2.24, 2.45) is 5.73 Å². The van der Waals surface area contributed by atoms with Crippen LogP contribution in [-0.4, -0.2) is 26.8 Å². The maximum Gasteiger partial charge on any atom is 0.286 e. The summed E-state index contributed by atoms with van der Waals surface area (Å²) in [5.74, 6) is 0.403. The molecule has 1 unspecified atom stereocenters. The number of nitrogens with zero attached hydrogens (tertiary/aromatic N) is 1. The predicted molar refractivity (Wildman–Crippen MR) is 110 cm³/mol. The molecule has 5 nitrogen and oxygen atoms in total. The Balaban J connectivity index is 1.79. The van der Waals surface area contributed by atoms with Crippen LogP contribution < -0.4 is 11.1 Å². The number of allylic oxidation sites excluding steroid dienone is 2. The minimum Gasteiger partial charge on any atom is -0.347 e. The minimum absolute atomic E-state index is 0.191. The summed E-state index contributed by atoms with van der Waals surface area (Å²) in [5.41, 5.74) is 9.26. The highest BCUT2D eigenvalue weighted by atomic mass is 32.2. The zero-order valence-electron chi connectivity index (χ0n) is 15.0. The van der Waals surface area contributed by atoms with E-state index in [-0.39, 0.29) is 16.4 Å². The molecule has 1 atom stereocenters. The molecule has 2 aromatic rings. The summed E-state index contributed by atoms with van der Waals surface area (Å²) in [7, 11) is 0. The fraction of sp³-hybridized carbons (Fsp3) is 0.368. The van der Waals surface area contributed by atoms with Gasteiger partial charge < -0.3 is 10.3 Å². The summed E-state index contributed by atoms with van der Waals surface area (Å²) in [5, 5.41) is 2.91. The second kappa shape index (κ2) is 8.33. The van der Waals surface area contributed by atoms with Crippen LogP contribution in [0.3, 0.4) is 0 Å². The van der Waals surface area contributed by atoms with Crippen LogP contribution in [0.15, 0.2) is 40.9 Å². The number of nitrogens with two attached hydrogens (primary N) is 1. The van der Waals surface area contributed by atoms with Crippen molar-refractivity contribution in [1.82, 2.24) is 9.88 Å². The molecule has 0 saturated carbocycles. The summed E-state index contributed by atoms with van der Waals surface area (Å²) in [4.78, 5) is 24.6. The van der Waals surface area contributed by atoms with Gasteiger partial charge in [0.25, 0.3) is 5.24 Å². The number of benzene rings is 1. The number of carbonyl (C=O) groups excluding carboxylic acids is 2. The molecule has 2 heterocycles. The van der Waals surface area contributed by atoms with E-state index in [9.17, 15) is 9.59 Å². The molecule has 1 aromatic carbocycles. The number of thioether (sulfide) groups is 2. The molecular formula is C19H23N3O2S2. The second-order valence-corrected chi connectivity index (χ2v) is 8.72. The third-order valence-electron chi connectivity index (χ3n) is 4.47. The molecule has 0 bridgehead atoms. The van der Waals surface area contributed by atoms with E-state index >= 15 is 0 Å². The van der Waals surface area contributed by atoms with Gasteiger partial charge in [0.2, 0.25) is 5.91 Å². The molecule has 3 rings (SSSR count). The number of imide groups is 1. The van der Waals surface area contributed by atoms with Crippen LogP contribution >= 0.6 is 23.5 Å². The van der Waals surface area contributed by atoms with Crippen LogP contribution in [0.2, 0.25) is 0 Å². The molecule has 3 N–H and O–H groups in total. The molecule has 2 amide bonds. The quantitative estimate of drug-likeness (QED) is 0.703. The van der Waals surface area contributed by atoms with Crippen molar-refractivity contribution < 1.29 is 9.59 Å². The number of hydrogen-bond acceptors (Lipinski definition) is 5. The summed E-state index contributed by atoms with van der Waals surface area (Å²) in [6.45, 7) is 5.13. The first-order chi connectivity index (χ1) is 12.5. The van der Waals surface area contributed by atoms with E-state index in [1.807, 2.05) is 12.1 Å². The summed E-state index contributed by atoms with van der Waals surface area (Å²) in [6, 6.07) is 8.26. The molecule has 0 radical (unpaired) electrons. The molecule has 138 valence electrons. The van der Waals surface area contributed by atoms with E-state index in [0.717, 1.165) is 41.2 Å². The molecule has 0 spiro atoms. The zero-order chi connectivity index (χ0) is 18.7. The lowest BCUT2D eigenvalue weighted by Crippen LogP contribution is -2.25. The Kier molecular flexibility index (Phi) is 6.11. The Bertz CT molecular complexity index is 869. The lowest BCUT2D eigenvalue weighted by molar-refractivity contribution is -0.118. The molecule has 1 aliphatic heterocycles. The SMILES string of the molecule is CC(C)=C(CCn1ccc2c(CC3SC(=O)NC3=O)cccc21)SCN. The Morgan fingerprint density at radius 3 is 2.77 bits per heavy atom. The fourth-order valence-corrected chi connectivity index (χ4v) is 4.75. The number of hydrogen-bond donors (Lipinski definition) is 2. The van der Waals surface area contributed by atoms with E-state index in [4.69, 9.17) is 5.73 Å². The van der Waals surface area contributed by atoms with Crippen LogP contribution in [0, 0.1) is 0 Å². The van der Waals surface area contributed by atoms with E-state index in [1.165, 1.54) is 10.5 Å². The fourth-order valence-electron chi connectivity index (χ4n) is 3.18. The van der Waals surface area contributed by atoms with Gasteiger partial charge in [-0.3, -0.25) is 14.9 Å². The second-order valence-electron chi connectivity index (χ2n) is 6.43. The molecule has 1 saturated heterocycles. The van der Waals surface area contributed by atoms with Gasteiger partial charge in [0.05, 0.1) is 5.25 Å². The number of fused-ring (bicyclic) bond motifs is 1. The molecule has 0 aliphatic carbocycles. The molecule has 7 heteroatoms. The van der Waals surface area contributed by atoms with Crippen LogP contribution in [0.25, 0.3) is 10.9 Å². The van der Waals surface area contributed by atoms with E-state index in [0.29, 0.717) is 12.3 Å². The number of carbonyl (C=O) groups is 2. The first kappa shape index (κ1) is 19.1. The largest absolute Gasteiger partial charge is 0.347 e. The predicted octanol–water partition coefficient (Wildman–Crippen LogP) is 3.87. The molecular weight excluding hydrogens is 366 g/mol. The smallest absolute Gasteiger partial charge is 0.286 e. The number of nitrogens with one attached hydrogen (secondary N) is 1. The lowest BCUT2D eigenvalue weighted by atomic mass is 10.0. The lowest BCUT2D eigenvalue weighted by Gasteiger charge is -2.11. The van der Waals surface area contributed by atoms with Gasteiger partial charge in [-0.15, -0.1) is 11.8 Å². The van der Waals surface area contributed by atoms with Crippen molar-refractivity contribution in [1.29, 1.82) is 0 Å². The van der Waals surface area contributed by atoms with Gasteiger partial charge in [-0.1, -0.05) is 29.5 Å². The van der Waals surface area contributed by atoms with E-state index < -0.39 is 0 Å². The van der Waals surface area contributed by atoms with Crippen molar-refractivity contribution in [2.45, 2.75) is 38.5 Å². The van der Waals surface area contributed by atoms with Gasteiger partial charge in [0.15, 0.2) is 0 Å². The first-order valence-electron chi connectivity index (χ1n) is 8.57. The Morgan fingerprint density at radius 1 is 1.31 bits per heavy atom. The molecule has 26 heavy (non-hydrogen) atoms. The van der Waals surface area contributed by atoms with Gasteiger partial charge in [0, 0.05) is 29.5 Å². The third-order valence-corrected chi connectivity index (χ3v) is 6.58. The van der Waals surface area contributed by atoms with E-state index in [2.05, 4.69) is 42.1 Å². The highest BCUT2D eigenvalue weighted by Gasteiger charge is 2.31. The number of aryl methyl sites for hydroxylation is 1. The Morgan fingerprint density at radius 2 is 2.12 bits per heavy atom. The zero-order valence-corrected chi connectivity index (χ0v) is 16.6. The van der Waals surface area contributed by atoms with Crippen molar-refractivity contribution in [3.8, 4) is 0 Å². The van der Waals surface area contributed by atoms with Gasteiger partial charge in [-0.25, -0.2) is 0 Å². The maximum atomic E-state index is 11.9. The van der Waals surface area contributed by atoms with Gasteiger partial charge >= 0.3 is 0 Å². The average molecular weight is 390 g/mol. The highest BCUT2D eigenvalue weighted by molar-refractivity contribution is 8.15. The Hall–Kier alpha value is -1.70. The van der Waals surface area contributed by atoms with Gasteiger partial charge in [-0.2, -0.15) is 0 Å². The summed E-state index contributed by atoms with van der Waals surface area (Å²) >= 11 is 2.78. The van der Waals surface area contributed by atoms with Gasteiger partial charge in [0.1, 0.15) is 0 Å². The topological polar surface area (TPSA) is 77.1 Å². The van der Waals surface area contributed by atoms with Crippen LogP contribution in [-0.2, 0) is 17.8 Å². The summed E-state index contributed by atoms with van der Waals surface area (Å²) < 4.78 is 2.24. The monoisotopic (exact) mass is 389 g/mol. The standard InChI is InChI=1S/C19H23N3O2S2/c1-12(2)16(25-11-20)7-9-22-8-6-14-13(4-3-5-15(14)22)10-17-18(23)21-19(24)26-17/h3-6,8,17H,7,9-11,20H2,1-2H3,(H,21,23,24). The Labute approximate surface area is 161 Å². The van der Waals surface area contributed by atoms with Gasteiger partial charge in [-0.05, 0) is 49.3 Å². The normalized spacial score (nSPS) is 17.0. The average Bonchev–Trinajstić information content (AvgIpc) is 3.15. The van der Waals surface area contributed by atoms with Crippen LogP contribution in [0.4, 0.5) is 4.79 Å². The molecule has 1 aliphatic rings. The number of amides is 2. The van der Waals surface area contributed by atoms with Crippen molar-refractivity contribution in [3.63, 3.8) is 0 Å². The highest BCUT2D eigenvalue weighted by Crippen LogP contribution is 2.29. The van der Waals surface area contributed by atoms with E-state index in [1.54, 1.807) is 11.8 Å². The molecule has 1 fully saturated rings. The summed E-state index contributed by atoms with van der Waals surface area (Å²) in [6.07, 6.45) is 3.61. The minimum atomic E-state index is -0.338. The number of aromatic nitrogens is 1. The van der Waals surface area contributed by atoms with Crippen molar-refractivity contribution in [2.75, 3.05) is 5.88 Å². The van der Waals surface area contributed by atoms with Crippen molar-refractivity contribution >= 4 is 45.6 Å². The first-order valence-corrected chi connectivity index (χ1v) is 10.4. The molecule has 1 aromatic heterocycles. The number of rotatable bonds is 7. The van der Waals surface area contributed by atoms with Crippen LogP contribution in [0.5, 0.6) is 0 Å². The van der Waals surface area contributed by atoms with Crippen molar-refractivity contribution in [3.05, 3.63) is 46.5 Å². The van der Waals surface area contributed by atoms with Crippen LogP contribution in [0.1, 0.15) is 25.8 Å². The third kappa shape index (κ3) is 4.16.